The lowest BCUT2D eigenvalue weighted by atomic mass is 10.0. The fourth-order valence-electron chi connectivity index (χ4n) is 2.95. The van der Waals surface area contributed by atoms with Gasteiger partial charge in [0, 0.05) is 19.1 Å². The van der Waals surface area contributed by atoms with E-state index in [1.54, 1.807) is 0 Å². The van der Waals surface area contributed by atoms with E-state index in [2.05, 4.69) is 38.0 Å². The van der Waals surface area contributed by atoms with Gasteiger partial charge in [0.15, 0.2) is 0 Å². The van der Waals surface area contributed by atoms with Gasteiger partial charge in [0.25, 0.3) is 0 Å². The highest BCUT2D eigenvalue weighted by Gasteiger charge is 2.27. The SMILES string of the molecule is CCCNC1CCCC1CN(C)CC(C)C. The monoisotopic (exact) mass is 226 g/mol. The van der Waals surface area contributed by atoms with Crippen molar-refractivity contribution in [1.29, 1.82) is 0 Å². The molecule has 0 aromatic rings. The van der Waals surface area contributed by atoms with Crippen LogP contribution in [0, 0.1) is 11.8 Å². The summed E-state index contributed by atoms with van der Waals surface area (Å²) in [5, 5.41) is 3.71. The number of nitrogens with one attached hydrogen (secondary N) is 1. The third-order valence-electron chi connectivity index (χ3n) is 3.54. The molecule has 0 aliphatic heterocycles. The lowest BCUT2D eigenvalue weighted by molar-refractivity contribution is 0.231. The van der Waals surface area contributed by atoms with Crippen LogP contribution in [0.4, 0.5) is 0 Å². The highest BCUT2D eigenvalue weighted by atomic mass is 15.1. The van der Waals surface area contributed by atoms with Gasteiger partial charge in [0.05, 0.1) is 0 Å². The van der Waals surface area contributed by atoms with E-state index >= 15 is 0 Å². The van der Waals surface area contributed by atoms with Crippen LogP contribution in [0.2, 0.25) is 0 Å². The van der Waals surface area contributed by atoms with Crippen molar-refractivity contribution in [2.75, 3.05) is 26.7 Å². The van der Waals surface area contributed by atoms with Crippen molar-refractivity contribution in [3.8, 4) is 0 Å². The lowest BCUT2D eigenvalue weighted by Crippen LogP contribution is -2.39. The average molecular weight is 226 g/mol. The average Bonchev–Trinajstić information content (AvgIpc) is 2.61. The number of hydrogen-bond donors (Lipinski definition) is 1. The first-order chi connectivity index (χ1) is 7.63. The predicted octanol–water partition coefficient (Wildman–Crippen LogP) is 2.74. The van der Waals surface area contributed by atoms with E-state index in [1.807, 2.05) is 0 Å². The van der Waals surface area contributed by atoms with Crippen molar-refractivity contribution < 1.29 is 0 Å². The number of nitrogens with zero attached hydrogens (tertiary/aromatic N) is 1. The minimum absolute atomic E-state index is 0.786. The second kappa shape index (κ2) is 7.29. The van der Waals surface area contributed by atoms with E-state index in [0.717, 1.165) is 17.9 Å². The van der Waals surface area contributed by atoms with E-state index < -0.39 is 0 Å². The second-order valence-electron chi connectivity index (χ2n) is 5.87. The summed E-state index contributed by atoms with van der Waals surface area (Å²) in [6.07, 6.45) is 5.48. The predicted molar refractivity (Wildman–Crippen MR) is 71.8 cm³/mol. The van der Waals surface area contributed by atoms with Crippen LogP contribution in [0.25, 0.3) is 0 Å². The quantitative estimate of drug-likeness (QED) is 0.718. The Morgan fingerprint density at radius 2 is 2.06 bits per heavy atom. The van der Waals surface area contributed by atoms with Crippen LogP contribution >= 0.6 is 0 Å². The van der Waals surface area contributed by atoms with Gasteiger partial charge in [-0.1, -0.05) is 27.2 Å². The molecule has 0 spiro atoms. The maximum absolute atomic E-state index is 3.71. The normalized spacial score (nSPS) is 25.9. The zero-order valence-electron chi connectivity index (χ0n) is 11.6. The minimum Gasteiger partial charge on any atom is -0.314 e. The van der Waals surface area contributed by atoms with Crippen LogP contribution in [0.1, 0.15) is 46.5 Å². The molecule has 0 radical (unpaired) electrons. The number of hydrogen-bond acceptors (Lipinski definition) is 2. The summed E-state index contributed by atoms with van der Waals surface area (Å²) in [6.45, 7) is 10.6. The molecular weight excluding hydrogens is 196 g/mol. The Labute approximate surface area is 102 Å². The van der Waals surface area contributed by atoms with Gasteiger partial charge in [-0.2, -0.15) is 0 Å². The molecule has 1 rings (SSSR count). The third kappa shape index (κ3) is 4.84. The van der Waals surface area contributed by atoms with Crippen molar-refractivity contribution in [2.45, 2.75) is 52.5 Å². The molecule has 0 saturated heterocycles. The van der Waals surface area contributed by atoms with Crippen LogP contribution in [-0.2, 0) is 0 Å². The summed E-state index contributed by atoms with van der Waals surface area (Å²) in [5.41, 5.74) is 0. The Balaban J connectivity index is 2.28. The molecule has 1 aliphatic rings. The zero-order chi connectivity index (χ0) is 12.0. The lowest BCUT2D eigenvalue weighted by Gasteiger charge is -2.27. The van der Waals surface area contributed by atoms with Gasteiger partial charge in [-0.05, 0) is 44.7 Å². The van der Waals surface area contributed by atoms with Crippen LogP contribution in [-0.4, -0.2) is 37.6 Å². The fraction of sp³-hybridized carbons (Fsp3) is 1.00. The van der Waals surface area contributed by atoms with Gasteiger partial charge in [0.2, 0.25) is 0 Å². The molecule has 0 heterocycles. The van der Waals surface area contributed by atoms with E-state index in [-0.39, 0.29) is 0 Å². The molecule has 2 atom stereocenters. The maximum atomic E-state index is 3.71. The Bertz CT molecular complexity index is 180. The Morgan fingerprint density at radius 1 is 1.31 bits per heavy atom. The Morgan fingerprint density at radius 3 is 2.69 bits per heavy atom. The largest absolute Gasteiger partial charge is 0.314 e. The molecule has 2 unspecified atom stereocenters. The summed E-state index contributed by atoms with van der Waals surface area (Å²) < 4.78 is 0. The Hall–Kier alpha value is -0.0800. The molecule has 1 N–H and O–H groups in total. The molecule has 2 heteroatoms. The first-order valence-electron chi connectivity index (χ1n) is 7.05. The molecule has 1 saturated carbocycles. The second-order valence-corrected chi connectivity index (χ2v) is 5.87. The van der Waals surface area contributed by atoms with E-state index in [9.17, 15) is 0 Å². The van der Waals surface area contributed by atoms with Crippen molar-refractivity contribution in [2.24, 2.45) is 11.8 Å². The van der Waals surface area contributed by atoms with Crippen LogP contribution < -0.4 is 5.32 Å². The Kier molecular flexibility index (Phi) is 6.37. The molecule has 1 aliphatic carbocycles. The van der Waals surface area contributed by atoms with Gasteiger partial charge in [0.1, 0.15) is 0 Å². The summed E-state index contributed by atoms with van der Waals surface area (Å²) >= 11 is 0. The van der Waals surface area contributed by atoms with E-state index in [4.69, 9.17) is 0 Å². The minimum atomic E-state index is 0.786. The van der Waals surface area contributed by atoms with Crippen molar-refractivity contribution in [3.63, 3.8) is 0 Å². The maximum Gasteiger partial charge on any atom is 0.0107 e. The van der Waals surface area contributed by atoms with Gasteiger partial charge < -0.3 is 10.2 Å². The fourth-order valence-corrected chi connectivity index (χ4v) is 2.95. The van der Waals surface area contributed by atoms with Gasteiger partial charge in [-0.3, -0.25) is 0 Å². The highest BCUT2D eigenvalue weighted by Crippen LogP contribution is 2.26. The standard InChI is InChI=1S/C14H30N2/c1-5-9-15-14-8-6-7-13(14)11-16(4)10-12(2)3/h12-15H,5-11H2,1-4H3. The summed E-state index contributed by atoms with van der Waals surface area (Å²) in [5.74, 6) is 1.67. The van der Waals surface area contributed by atoms with Crippen molar-refractivity contribution in [3.05, 3.63) is 0 Å². The molecule has 0 amide bonds. The van der Waals surface area contributed by atoms with Crippen molar-refractivity contribution >= 4 is 0 Å². The molecule has 0 bridgehead atoms. The molecule has 1 fully saturated rings. The van der Waals surface area contributed by atoms with Crippen LogP contribution in [0.15, 0.2) is 0 Å². The molecule has 0 aromatic heterocycles. The molecule has 96 valence electrons. The highest BCUT2D eigenvalue weighted by molar-refractivity contribution is 4.84. The van der Waals surface area contributed by atoms with E-state index in [0.29, 0.717) is 0 Å². The topological polar surface area (TPSA) is 15.3 Å². The summed E-state index contributed by atoms with van der Waals surface area (Å²) in [6, 6.07) is 0.787. The summed E-state index contributed by atoms with van der Waals surface area (Å²) in [4.78, 5) is 2.52. The van der Waals surface area contributed by atoms with Crippen molar-refractivity contribution in [1.82, 2.24) is 10.2 Å². The molecule has 16 heavy (non-hydrogen) atoms. The summed E-state index contributed by atoms with van der Waals surface area (Å²) in [7, 11) is 2.27. The van der Waals surface area contributed by atoms with Gasteiger partial charge in [-0.25, -0.2) is 0 Å². The third-order valence-corrected chi connectivity index (χ3v) is 3.54. The molecule has 0 aromatic carbocycles. The first kappa shape index (κ1) is 14.0. The number of rotatable bonds is 7. The van der Waals surface area contributed by atoms with Gasteiger partial charge in [-0.15, -0.1) is 0 Å². The van der Waals surface area contributed by atoms with Crippen LogP contribution in [0.3, 0.4) is 0 Å². The molecule has 2 nitrogen and oxygen atoms in total. The molecular formula is C14H30N2. The zero-order valence-corrected chi connectivity index (χ0v) is 11.6. The van der Waals surface area contributed by atoms with E-state index in [1.165, 1.54) is 45.3 Å². The smallest absolute Gasteiger partial charge is 0.0107 e. The first-order valence-corrected chi connectivity index (χ1v) is 7.05. The van der Waals surface area contributed by atoms with Crippen LogP contribution in [0.5, 0.6) is 0 Å². The van der Waals surface area contributed by atoms with Gasteiger partial charge >= 0.3 is 0 Å².